The smallest absolute Gasteiger partial charge is 0.306 e. The third kappa shape index (κ3) is 6.31. The Morgan fingerprint density at radius 3 is 2.62 bits per heavy atom. The summed E-state index contributed by atoms with van der Waals surface area (Å²) in [7, 11) is 1.32. The normalized spacial score (nSPS) is 11.6. The van der Waals surface area contributed by atoms with Gasteiger partial charge < -0.3 is 4.74 Å². The number of ether oxygens (including phenoxy) is 1. The first-order valence-corrected chi connectivity index (χ1v) is 8.05. The summed E-state index contributed by atoms with van der Waals surface area (Å²) in [5.74, 6) is -1.06. The summed E-state index contributed by atoms with van der Waals surface area (Å²) in [6.45, 7) is 1.82. The minimum absolute atomic E-state index is 0.0539. The van der Waals surface area contributed by atoms with E-state index >= 15 is 0 Å². The number of carbonyl (C=O) groups is 3. The fraction of sp³-hybridized carbons (Fsp3) is 0.357. The van der Waals surface area contributed by atoms with Gasteiger partial charge in [-0.2, -0.15) is 0 Å². The maximum atomic E-state index is 11.9. The van der Waals surface area contributed by atoms with E-state index in [-0.39, 0.29) is 23.4 Å². The van der Waals surface area contributed by atoms with E-state index in [1.54, 1.807) is 24.3 Å². The van der Waals surface area contributed by atoms with Gasteiger partial charge in [0.25, 0.3) is 5.91 Å². The topological polar surface area (TPSA) is 72.5 Å². The summed E-state index contributed by atoms with van der Waals surface area (Å²) >= 11 is 4.55. The zero-order chi connectivity index (χ0) is 15.8. The number of halogens is 1. The molecule has 114 valence electrons. The molecule has 0 fully saturated rings. The van der Waals surface area contributed by atoms with Crippen molar-refractivity contribution in [2.24, 2.45) is 0 Å². The lowest BCUT2D eigenvalue weighted by Crippen LogP contribution is -2.32. The molecule has 7 heteroatoms. The van der Waals surface area contributed by atoms with Crippen LogP contribution in [-0.2, 0) is 14.3 Å². The quantitative estimate of drug-likeness (QED) is 0.775. The van der Waals surface area contributed by atoms with Crippen LogP contribution in [0, 0.1) is 0 Å². The largest absolute Gasteiger partial charge is 0.469 e. The first-order valence-electron chi connectivity index (χ1n) is 6.21. The van der Waals surface area contributed by atoms with Crippen LogP contribution in [0.2, 0.25) is 0 Å². The molecule has 1 atom stereocenters. The zero-order valence-corrected chi connectivity index (χ0v) is 14.1. The number of thioether (sulfide) groups is 1. The van der Waals surface area contributed by atoms with Crippen molar-refractivity contribution >= 4 is 45.5 Å². The molecule has 1 rings (SSSR count). The molecule has 0 aliphatic carbocycles. The molecule has 2 amide bonds. The highest BCUT2D eigenvalue weighted by molar-refractivity contribution is 9.10. The standard InChI is InChI=1S/C14H16BrNO4S/c1-9(7-13(18)20-2)21-8-12(17)16-14(19)10-5-3-4-6-11(10)15/h3-6,9H,7-8H2,1-2H3,(H,16,17,19). The number of hydrogen-bond donors (Lipinski definition) is 1. The van der Waals surface area contributed by atoms with E-state index in [1.807, 2.05) is 6.92 Å². The van der Waals surface area contributed by atoms with E-state index in [2.05, 4.69) is 26.0 Å². The van der Waals surface area contributed by atoms with E-state index in [4.69, 9.17) is 0 Å². The van der Waals surface area contributed by atoms with Crippen molar-refractivity contribution in [1.29, 1.82) is 0 Å². The molecule has 0 bridgehead atoms. The molecule has 1 N–H and O–H groups in total. The molecule has 0 aromatic heterocycles. The Labute approximate surface area is 135 Å². The van der Waals surface area contributed by atoms with Gasteiger partial charge in [0.05, 0.1) is 24.8 Å². The molecule has 0 aliphatic rings. The number of imide groups is 1. The molecule has 1 unspecified atom stereocenters. The van der Waals surface area contributed by atoms with Crippen LogP contribution >= 0.6 is 27.7 Å². The SMILES string of the molecule is COC(=O)CC(C)SCC(=O)NC(=O)c1ccccc1Br. The third-order valence-corrected chi connectivity index (χ3v) is 4.41. The number of benzene rings is 1. The average molecular weight is 374 g/mol. The highest BCUT2D eigenvalue weighted by Crippen LogP contribution is 2.16. The Kier molecular flexibility index (Phi) is 7.45. The van der Waals surface area contributed by atoms with Crippen LogP contribution in [0.1, 0.15) is 23.7 Å². The highest BCUT2D eigenvalue weighted by atomic mass is 79.9. The average Bonchev–Trinajstić information content (AvgIpc) is 2.45. The molecule has 1 aromatic carbocycles. The molecular formula is C14H16BrNO4S. The highest BCUT2D eigenvalue weighted by Gasteiger charge is 2.15. The van der Waals surface area contributed by atoms with Crippen molar-refractivity contribution in [3.8, 4) is 0 Å². The Morgan fingerprint density at radius 1 is 1.33 bits per heavy atom. The van der Waals surface area contributed by atoms with Gasteiger partial charge in [-0.1, -0.05) is 19.1 Å². The van der Waals surface area contributed by atoms with Gasteiger partial charge in [0.2, 0.25) is 5.91 Å². The van der Waals surface area contributed by atoms with E-state index in [0.29, 0.717) is 10.0 Å². The minimum Gasteiger partial charge on any atom is -0.469 e. The van der Waals surface area contributed by atoms with Crippen molar-refractivity contribution < 1.29 is 19.1 Å². The van der Waals surface area contributed by atoms with Crippen LogP contribution in [0.5, 0.6) is 0 Å². The van der Waals surface area contributed by atoms with Crippen LogP contribution in [0.25, 0.3) is 0 Å². The number of hydrogen-bond acceptors (Lipinski definition) is 5. The fourth-order valence-electron chi connectivity index (χ4n) is 1.47. The van der Waals surface area contributed by atoms with Crippen LogP contribution in [0.3, 0.4) is 0 Å². The number of methoxy groups -OCH3 is 1. The lowest BCUT2D eigenvalue weighted by Gasteiger charge is -2.10. The monoisotopic (exact) mass is 373 g/mol. The van der Waals surface area contributed by atoms with Crippen LogP contribution < -0.4 is 5.32 Å². The van der Waals surface area contributed by atoms with E-state index in [0.717, 1.165) is 0 Å². The molecule has 21 heavy (non-hydrogen) atoms. The molecule has 1 aromatic rings. The summed E-state index contributed by atoms with van der Waals surface area (Å²) in [6.07, 6.45) is 0.229. The van der Waals surface area contributed by atoms with Crippen LogP contribution in [0.15, 0.2) is 28.7 Å². The van der Waals surface area contributed by atoms with E-state index in [1.165, 1.54) is 18.9 Å². The molecule has 0 aliphatic heterocycles. The molecule has 0 radical (unpaired) electrons. The minimum atomic E-state index is -0.450. The second-order valence-corrected chi connectivity index (χ2v) is 6.54. The number of esters is 1. The summed E-state index contributed by atoms with van der Waals surface area (Å²) in [6, 6.07) is 6.86. The summed E-state index contributed by atoms with van der Waals surface area (Å²) in [5, 5.41) is 2.26. The molecule has 0 saturated heterocycles. The second-order valence-electron chi connectivity index (χ2n) is 4.26. The van der Waals surface area contributed by atoms with Crippen LogP contribution in [-0.4, -0.2) is 35.9 Å². The van der Waals surface area contributed by atoms with Crippen molar-refractivity contribution in [2.75, 3.05) is 12.9 Å². The van der Waals surface area contributed by atoms with Gasteiger partial charge in [-0.3, -0.25) is 19.7 Å². The van der Waals surface area contributed by atoms with Crippen LogP contribution in [0.4, 0.5) is 0 Å². The lowest BCUT2D eigenvalue weighted by molar-refractivity contribution is -0.140. The Bertz CT molecular complexity index is 535. The van der Waals surface area contributed by atoms with Crippen molar-refractivity contribution in [3.05, 3.63) is 34.3 Å². The second kappa shape index (κ2) is 8.84. The number of amides is 2. The predicted octanol–water partition coefficient (Wildman–Crippen LogP) is 2.39. The van der Waals surface area contributed by atoms with Gasteiger partial charge >= 0.3 is 5.97 Å². The fourth-order valence-corrected chi connectivity index (χ4v) is 2.70. The van der Waals surface area contributed by atoms with E-state index < -0.39 is 11.8 Å². The van der Waals surface area contributed by atoms with Gasteiger partial charge in [-0.05, 0) is 28.1 Å². The first kappa shape index (κ1) is 17.7. The van der Waals surface area contributed by atoms with Gasteiger partial charge in [0.15, 0.2) is 0 Å². The third-order valence-electron chi connectivity index (χ3n) is 2.55. The molecular weight excluding hydrogens is 358 g/mol. The first-order chi connectivity index (χ1) is 9.93. The number of rotatable bonds is 6. The van der Waals surface area contributed by atoms with E-state index in [9.17, 15) is 14.4 Å². The summed E-state index contributed by atoms with van der Waals surface area (Å²) in [4.78, 5) is 34.7. The summed E-state index contributed by atoms with van der Waals surface area (Å²) in [5.41, 5.74) is 0.401. The Balaban J connectivity index is 2.42. The zero-order valence-electron chi connectivity index (χ0n) is 11.7. The summed E-state index contributed by atoms with van der Waals surface area (Å²) < 4.78 is 5.18. The van der Waals surface area contributed by atoms with Gasteiger partial charge in [0.1, 0.15) is 0 Å². The maximum absolute atomic E-state index is 11.9. The van der Waals surface area contributed by atoms with Gasteiger partial charge in [-0.25, -0.2) is 0 Å². The predicted molar refractivity (Wildman–Crippen MR) is 85.2 cm³/mol. The molecule has 0 saturated carbocycles. The van der Waals surface area contributed by atoms with Crippen molar-refractivity contribution in [3.63, 3.8) is 0 Å². The maximum Gasteiger partial charge on any atom is 0.306 e. The van der Waals surface area contributed by atoms with Crippen molar-refractivity contribution in [2.45, 2.75) is 18.6 Å². The lowest BCUT2D eigenvalue weighted by atomic mass is 10.2. The molecule has 5 nitrogen and oxygen atoms in total. The Morgan fingerprint density at radius 2 is 2.00 bits per heavy atom. The van der Waals surface area contributed by atoms with Gasteiger partial charge in [0, 0.05) is 9.72 Å². The molecule has 0 heterocycles. The number of carbonyl (C=O) groups excluding carboxylic acids is 3. The number of nitrogens with one attached hydrogen (secondary N) is 1. The van der Waals surface area contributed by atoms with Gasteiger partial charge in [-0.15, -0.1) is 11.8 Å². The molecule has 0 spiro atoms. The van der Waals surface area contributed by atoms with Crippen molar-refractivity contribution in [1.82, 2.24) is 5.32 Å². The Hall–Kier alpha value is -1.34.